The summed E-state index contributed by atoms with van der Waals surface area (Å²) >= 11 is 0. The molecule has 2 heterocycles. The molecule has 0 saturated carbocycles. The van der Waals surface area contributed by atoms with Crippen LogP contribution >= 0.6 is 0 Å². The first-order valence-corrected chi connectivity index (χ1v) is 8.85. The molecule has 3 rings (SSSR count). The summed E-state index contributed by atoms with van der Waals surface area (Å²) in [6, 6.07) is 9.28. The van der Waals surface area contributed by atoms with Crippen LogP contribution in [0.2, 0.25) is 0 Å². The second-order valence-corrected chi connectivity index (χ2v) is 7.42. The predicted molar refractivity (Wildman–Crippen MR) is 80.0 cm³/mol. The summed E-state index contributed by atoms with van der Waals surface area (Å²) in [5.74, 6) is 0.181. The van der Waals surface area contributed by atoms with Gasteiger partial charge in [0.05, 0.1) is 23.3 Å². The number of hydrogen-bond acceptors (Lipinski definition) is 4. The Morgan fingerprint density at radius 3 is 2.71 bits per heavy atom. The number of benzene rings is 1. The lowest BCUT2D eigenvalue weighted by Gasteiger charge is -2.10. The maximum atomic E-state index is 12.2. The van der Waals surface area contributed by atoms with Gasteiger partial charge in [-0.1, -0.05) is 12.1 Å². The van der Waals surface area contributed by atoms with Gasteiger partial charge in [0.1, 0.15) is 0 Å². The Bertz CT molecular complexity index is 672. The Kier molecular flexibility index (Phi) is 4.07. The van der Waals surface area contributed by atoms with E-state index in [4.69, 9.17) is 4.74 Å². The van der Waals surface area contributed by atoms with Gasteiger partial charge in [0.15, 0.2) is 9.84 Å². The van der Waals surface area contributed by atoms with Gasteiger partial charge in [0.25, 0.3) is 0 Å². The fraction of sp³-hybridized carbons (Fsp3) is 0.400. The van der Waals surface area contributed by atoms with Crippen LogP contribution in [-0.2, 0) is 20.3 Å². The molecule has 0 aliphatic carbocycles. The molecule has 1 aromatic heterocycles. The van der Waals surface area contributed by atoms with Crippen molar-refractivity contribution in [3.05, 3.63) is 48.3 Å². The van der Waals surface area contributed by atoms with E-state index in [1.807, 2.05) is 36.5 Å². The quantitative estimate of drug-likeness (QED) is 0.847. The van der Waals surface area contributed by atoms with Gasteiger partial charge in [-0.3, -0.25) is 0 Å². The number of aromatic nitrogens is 2. The van der Waals surface area contributed by atoms with Crippen LogP contribution in [0.25, 0.3) is 5.69 Å². The molecule has 2 aromatic rings. The minimum atomic E-state index is -3.13. The predicted octanol–water partition coefficient (Wildman–Crippen LogP) is 1.97. The smallest absolute Gasteiger partial charge is 0.156 e. The van der Waals surface area contributed by atoms with Gasteiger partial charge in [-0.15, -0.1) is 0 Å². The molecule has 21 heavy (non-hydrogen) atoms. The van der Waals surface area contributed by atoms with Crippen LogP contribution in [0.1, 0.15) is 18.4 Å². The molecule has 0 bridgehead atoms. The average molecular weight is 306 g/mol. The molecule has 0 spiro atoms. The molecule has 1 aliphatic heterocycles. The maximum absolute atomic E-state index is 12.2. The molecule has 0 N–H and O–H groups in total. The first-order valence-electron chi connectivity index (χ1n) is 7.03. The summed E-state index contributed by atoms with van der Waals surface area (Å²) in [6.07, 6.45) is 5.23. The first-order chi connectivity index (χ1) is 10.1. The lowest BCUT2D eigenvalue weighted by Crippen LogP contribution is -2.21. The molecule has 5 nitrogen and oxygen atoms in total. The van der Waals surface area contributed by atoms with Gasteiger partial charge in [0, 0.05) is 19.0 Å². The maximum Gasteiger partial charge on any atom is 0.156 e. The topological polar surface area (TPSA) is 61.2 Å². The molecule has 1 atom stereocenters. The zero-order chi connectivity index (χ0) is 14.7. The zero-order valence-corrected chi connectivity index (χ0v) is 12.5. The first kappa shape index (κ1) is 14.3. The molecule has 1 aromatic carbocycles. The van der Waals surface area contributed by atoms with E-state index in [2.05, 4.69) is 5.10 Å². The largest absolute Gasteiger partial charge is 0.377 e. The summed E-state index contributed by atoms with van der Waals surface area (Å²) < 4.78 is 31.5. The van der Waals surface area contributed by atoms with Crippen molar-refractivity contribution < 1.29 is 13.2 Å². The minimum absolute atomic E-state index is 0.0618. The average Bonchev–Trinajstić information content (AvgIpc) is 3.11. The van der Waals surface area contributed by atoms with Crippen LogP contribution in [0.5, 0.6) is 0 Å². The highest BCUT2D eigenvalue weighted by Gasteiger charge is 2.23. The summed E-state index contributed by atoms with van der Waals surface area (Å²) in [5.41, 5.74) is 1.71. The SMILES string of the molecule is O=S(=O)(Cc1ccc(-n2cccn2)cc1)CC1CCCO1. The van der Waals surface area contributed by atoms with Gasteiger partial charge in [-0.2, -0.15) is 5.10 Å². The zero-order valence-electron chi connectivity index (χ0n) is 11.7. The van der Waals surface area contributed by atoms with E-state index in [0.29, 0.717) is 6.61 Å². The normalized spacial score (nSPS) is 19.0. The van der Waals surface area contributed by atoms with Crippen molar-refractivity contribution in [1.29, 1.82) is 0 Å². The molecule has 1 saturated heterocycles. The van der Waals surface area contributed by atoms with Gasteiger partial charge in [-0.25, -0.2) is 13.1 Å². The third-order valence-electron chi connectivity index (χ3n) is 3.56. The van der Waals surface area contributed by atoms with Gasteiger partial charge < -0.3 is 4.74 Å². The van der Waals surface area contributed by atoms with Crippen molar-refractivity contribution in [3.8, 4) is 5.69 Å². The fourth-order valence-electron chi connectivity index (χ4n) is 2.54. The van der Waals surface area contributed by atoms with E-state index < -0.39 is 9.84 Å². The lowest BCUT2D eigenvalue weighted by molar-refractivity contribution is 0.127. The van der Waals surface area contributed by atoms with Crippen molar-refractivity contribution in [2.75, 3.05) is 12.4 Å². The molecule has 6 heteroatoms. The van der Waals surface area contributed by atoms with Crippen molar-refractivity contribution in [3.63, 3.8) is 0 Å². The van der Waals surface area contributed by atoms with E-state index in [0.717, 1.165) is 24.1 Å². The van der Waals surface area contributed by atoms with Crippen molar-refractivity contribution >= 4 is 9.84 Å². The minimum Gasteiger partial charge on any atom is -0.377 e. The van der Waals surface area contributed by atoms with E-state index >= 15 is 0 Å². The summed E-state index contributed by atoms with van der Waals surface area (Å²) in [5, 5.41) is 4.14. The highest BCUT2D eigenvalue weighted by Crippen LogP contribution is 2.17. The van der Waals surface area contributed by atoms with Crippen LogP contribution in [0.3, 0.4) is 0 Å². The standard InChI is InChI=1S/C15H18N2O3S/c18-21(19,12-15-3-1-10-20-15)11-13-4-6-14(7-5-13)17-9-2-8-16-17/h2,4-9,15H,1,3,10-12H2. The molecule has 1 fully saturated rings. The number of ether oxygens (including phenoxy) is 1. The summed E-state index contributed by atoms with van der Waals surface area (Å²) in [4.78, 5) is 0. The van der Waals surface area contributed by atoms with Crippen LogP contribution in [0.15, 0.2) is 42.7 Å². The third kappa shape index (κ3) is 3.71. The number of nitrogens with zero attached hydrogens (tertiary/aromatic N) is 2. The van der Waals surface area contributed by atoms with E-state index in [9.17, 15) is 8.42 Å². The molecule has 1 aliphatic rings. The Labute approximate surface area is 124 Å². The molecular formula is C15H18N2O3S. The monoisotopic (exact) mass is 306 g/mol. The van der Waals surface area contributed by atoms with Crippen LogP contribution in [-0.4, -0.2) is 36.7 Å². The molecular weight excluding hydrogens is 288 g/mol. The van der Waals surface area contributed by atoms with Crippen LogP contribution < -0.4 is 0 Å². The lowest BCUT2D eigenvalue weighted by atomic mass is 10.2. The molecule has 112 valence electrons. The van der Waals surface area contributed by atoms with Crippen molar-refractivity contribution in [2.24, 2.45) is 0 Å². The van der Waals surface area contributed by atoms with E-state index in [1.54, 1.807) is 10.9 Å². The van der Waals surface area contributed by atoms with Gasteiger partial charge in [-0.05, 0) is 36.6 Å². The molecule has 1 unspecified atom stereocenters. The number of sulfone groups is 1. The summed E-state index contributed by atoms with van der Waals surface area (Å²) in [6.45, 7) is 0.679. The molecule has 0 radical (unpaired) electrons. The highest BCUT2D eigenvalue weighted by molar-refractivity contribution is 7.90. The second-order valence-electron chi connectivity index (χ2n) is 5.31. The van der Waals surface area contributed by atoms with Gasteiger partial charge >= 0.3 is 0 Å². The molecule has 0 amide bonds. The van der Waals surface area contributed by atoms with Crippen LogP contribution in [0.4, 0.5) is 0 Å². The van der Waals surface area contributed by atoms with Gasteiger partial charge in [0.2, 0.25) is 0 Å². The number of rotatable bonds is 5. The van der Waals surface area contributed by atoms with E-state index in [-0.39, 0.29) is 17.6 Å². The third-order valence-corrected chi connectivity index (χ3v) is 5.21. The summed E-state index contributed by atoms with van der Waals surface area (Å²) in [7, 11) is -3.13. The Balaban J connectivity index is 1.67. The Morgan fingerprint density at radius 2 is 2.10 bits per heavy atom. The fourth-order valence-corrected chi connectivity index (χ4v) is 4.19. The van der Waals surface area contributed by atoms with Crippen molar-refractivity contribution in [2.45, 2.75) is 24.7 Å². The Morgan fingerprint density at radius 1 is 1.29 bits per heavy atom. The highest BCUT2D eigenvalue weighted by atomic mass is 32.2. The Hall–Kier alpha value is -1.66. The van der Waals surface area contributed by atoms with Crippen LogP contribution in [0, 0.1) is 0 Å². The van der Waals surface area contributed by atoms with E-state index in [1.165, 1.54) is 0 Å². The number of hydrogen-bond donors (Lipinski definition) is 0. The van der Waals surface area contributed by atoms with Crippen molar-refractivity contribution in [1.82, 2.24) is 9.78 Å². The second kappa shape index (κ2) is 5.99.